The molecule has 1 aliphatic heterocycles. The van der Waals surface area contributed by atoms with E-state index < -0.39 is 0 Å². The molecule has 8 nitrogen and oxygen atoms in total. The van der Waals surface area contributed by atoms with Crippen LogP contribution in [0, 0.1) is 10.1 Å². The van der Waals surface area contributed by atoms with Crippen molar-refractivity contribution in [3.05, 3.63) is 46.9 Å². The van der Waals surface area contributed by atoms with E-state index in [-0.39, 0.29) is 10.6 Å². The van der Waals surface area contributed by atoms with Gasteiger partial charge in [-0.15, -0.1) is 0 Å². The van der Waals surface area contributed by atoms with Crippen molar-refractivity contribution in [2.75, 3.05) is 36.0 Å². The van der Waals surface area contributed by atoms with Crippen LogP contribution in [0.1, 0.15) is 0 Å². The van der Waals surface area contributed by atoms with Gasteiger partial charge < -0.3 is 4.90 Å². The Balaban J connectivity index is 1.73. The van der Waals surface area contributed by atoms with E-state index in [1.807, 2.05) is 4.90 Å². The van der Waals surface area contributed by atoms with E-state index in [0.29, 0.717) is 24.9 Å². The van der Waals surface area contributed by atoms with Crippen molar-refractivity contribution in [2.45, 2.75) is 0 Å². The number of nitrogens with zero attached hydrogens (tertiary/aromatic N) is 5. The second-order valence-electron chi connectivity index (χ2n) is 4.68. The number of piperazine rings is 1. The highest BCUT2D eigenvalue weighted by Gasteiger charge is 2.31. The summed E-state index contributed by atoms with van der Waals surface area (Å²) in [6, 6.07) is 4.93. The summed E-state index contributed by atoms with van der Waals surface area (Å²) in [4.78, 5) is 26.2. The van der Waals surface area contributed by atoms with E-state index in [1.54, 1.807) is 30.7 Å². The minimum absolute atomic E-state index is 0.0990. The molecule has 0 bridgehead atoms. The Morgan fingerprint density at radius 3 is 2.43 bits per heavy atom. The first-order valence-corrected chi connectivity index (χ1v) is 6.68. The van der Waals surface area contributed by atoms with Gasteiger partial charge in [0.05, 0.1) is 24.2 Å². The Bertz CT molecular complexity index is 628. The number of aromatic amines is 1. The summed E-state index contributed by atoms with van der Waals surface area (Å²) in [5, 5.41) is 11.1. The molecule has 1 fully saturated rings. The molecule has 0 aromatic carbocycles. The first-order chi connectivity index (χ1) is 10.3. The number of hydrogen-bond donors (Lipinski definition) is 0. The van der Waals surface area contributed by atoms with Gasteiger partial charge in [0.15, 0.2) is 0 Å². The summed E-state index contributed by atoms with van der Waals surface area (Å²) in [5.41, 5.74) is 0.0990. The number of H-pyrrole nitrogens is 1. The topological polar surface area (TPSA) is 89.5 Å². The van der Waals surface area contributed by atoms with Crippen LogP contribution in [0.5, 0.6) is 0 Å². The fourth-order valence-electron chi connectivity index (χ4n) is 2.40. The van der Waals surface area contributed by atoms with Gasteiger partial charge in [0.25, 0.3) is 0 Å². The van der Waals surface area contributed by atoms with Crippen LogP contribution in [0.2, 0.25) is 0 Å². The van der Waals surface area contributed by atoms with Crippen molar-refractivity contribution < 1.29 is 9.91 Å². The maximum absolute atomic E-state index is 11.1. The minimum Gasteiger partial charge on any atom is -0.333 e. The van der Waals surface area contributed by atoms with Gasteiger partial charge in [-0.05, 0) is 12.1 Å². The van der Waals surface area contributed by atoms with Crippen molar-refractivity contribution in [1.29, 1.82) is 0 Å². The second-order valence-corrected chi connectivity index (χ2v) is 4.68. The Morgan fingerprint density at radius 2 is 1.76 bits per heavy atom. The highest BCUT2D eigenvalue weighted by atomic mass is 16.6. The van der Waals surface area contributed by atoms with E-state index in [4.69, 9.17) is 0 Å². The smallest absolute Gasteiger partial charge is 0.333 e. The molecule has 0 unspecified atom stereocenters. The number of aromatic nitrogens is 3. The molecule has 3 heterocycles. The zero-order chi connectivity index (χ0) is 14.7. The van der Waals surface area contributed by atoms with Crippen LogP contribution in [0.4, 0.5) is 17.5 Å². The molecule has 1 aliphatic rings. The molecule has 2 aromatic rings. The van der Waals surface area contributed by atoms with Crippen molar-refractivity contribution in [3.8, 4) is 0 Å². The lowest BCUT2D eigenvalue weighted by Crippen LogP contribution is -2.48. The number of pyridine rings is 1. The predicted octanol–water partition coefficient (Wildman–Crippen LogP) is 0.525. The predicted molar refractivity (Wildman–Crippen MR) is 76.1 cm³/mol. The first kappa shape index (κ1) is 13.2. The third kappa shape index (κ3) is 2.73. The normalized spacial score (nSPS) is 15.0. The summed E-state index contributed by atoms with van der Waals surface area (Å²) in [6.45, 7) is 2.81. The fraction of sp³-hybridized carbons (Fsp3) is 0.308. The third-order valence-corrected chi connectivity index (χ3v) is 3.44. The molecule has 2 aromatic heterocycles. The third-order valence-electron chi connectivity index (χ3n) is 3.44. The van der Waals surface area contributed by atoms with Crippen LogP contribution in [0.25, 0.3) is 0 Å². The molecular formula is C13H15N6O2+. The Kier molecular flexibility index (Phi) is 3.59. The van der Waals surface area contributed by atoms with E-state index >= 15 is 0 Å². The monoisotopic (exact) mass is 287 g/mol. The number of nitro groups is 1. The molecule has 0 spiro atoms. The lowest BCUT2D eigenvalue weighted by atomic mass is 10.3. The van der Waals surface area contributed by atoms with Gasteiger partial charge in [0.1, 0.15) is 13.1 Å². The van der Waals surface area contributed by atoms with Gasteiger partial charge in [0, 0.05) is 18.5 Å². The Hall–Kier alpha value is -2.77. The molecule has 0 atom stereocenters. The second kappa shape index (κ2) is 5.70. The SMILES string of the molecule is O=[N+]([O-])c1ccc[nH+]c1N1CCN(c2ncccn2)CC1. The zero-order valence-corrected chi connectivity index (χ0v) is 11.3. The van der Waals surface area contributed by atoms with Gasteiger partial charge in [-0.2, -0.15) is 0 Å². The average molecular weight is 287 g/mol. The van der Waals surface area contributed by atoms with Crippen LogP contribution in [-0.4, -0.2) is 41.1 Å². The summed E-state index contributed by atoms with van der Waals surface area (Å²) in [6.07, 6.45) is 5.13. The van der Waals surface area contributed by atoms with Crippen LogP contribution >= 0.6 is 0 Å². The number of anilines is 2. The largest absolute Gasteiger partial charge is 0.357 e. The molecule has 1 N–H and O–H groups in total. The van der Waals surface area contributed by atoms with Gasteiger partial charge in [-0.3, -0.25) is 15.0 Å². The van der Waals surface area contributed by atoms with Crippen molar-refractivity contribution in [3.63, 3.8) is 0 Å². The van der Waals surface area contributed by atoms with Crippen molar-refractivity contribution >= 4 is 17.5 Å². The van der Waals surface area contributed by atoms with E-state index in [9.17, 15) is 10.1 Å². The van der Waals surface area contributed by atoms with Crippen LogP contribution < -0.4 is 14.8 Å². The standard InChI is InChI=1S/C13H14N6O2/c20-19(21)11-3-1-4-14-12(11)17-7-9-18(10-8-17)13-15-5-2-6-16-13/h1-6H,7-10H2/p+1. The highest BCUT2D eigenvalue weighted by Crippen LogP contribution is 2.23. The van der Waals surface area contributed by atoms with Gasteiger partial charge in [-0.25, -0.2) is 15.0 Å². The summed E-state index contributed by atoms with van der Waals surface area (Å²) >= 11 is 0. The van der Waals surface area contributed by atoms with E-state index in [1.165, 1.54) is 6.07 Å². The number of rotatable bonds is 3. The summed E-state index contributed by atoms with van der Waals surface area (Å²) in [5.74, 6) is 1.25. The summed E-state index contributed by atoms with van der Waals surface area (Å²) < 4.78 is 0. The van der Waals surface area contributed by atoms with Crippen molar-refractivity contribution in [1.82, 2.24) is 9.97 Å². The highest BCUT2D eigenvalue weighted by molar-refractivity contribution is 5.54. The molecule has 0 aliphatic carbocycles. The Labute approximate surface area is 121 Å². The average Bonchev–Trinajstić information content (AvgIpc) is 2.56. The van der Waals surface area contributed by atoms with Gasteiger partial charge >= 0.3 is 11.5 Å². The quantitative estimate of drug-likeness (QED) is 0.604. The molecule has 0 saturated carbocycles. The summed E-state index contributed by atoms with van der Waals surface area (Å²) in [7, 11) is 0. The molecule has 21 heavy (non-hydrogen) atoms. The molecule has 3 rings (SSSR count). The lowest BCUT2D eigenvalue weighted by Gasteiger charge is -2.30. The number of nitrogens with one attached hydrogen (secondary N) is 1. The fourth-order valence-corrected chi connectivity index (χ4v) is 2.40. The van der Waals surface area contributed by atoms with Crippen molar-refractivity contribution in [2.24, 2.45) is 0 Å². The maximum Gasteiger partial charge on any atom is 0.357 e. The van der Waals surface area contributed by atoms with Crippen LogP contribution in [0.15, 0.2) is 36.8 Å². The van der Waals surface area contributed by atoms with Crippen LogP contribution in [-0.2, 0) is 0 Å². The molecule has 1 saturated heterocycles. The van der Waals surface area contributed by atoms with Gasteiger partial charge in [0.2, 0.25) is 5.95 Å². The number of hydrogen-bond acceptors (Lipinski definition) is 6. The molecule has 0 radical (unpaired) electrons. The minimum atomic E-state index is -0.363. The van der Waals surface area contributed by atoms with E-state index in [2.05, 4.69) is 19.9 Å². The van der Waals surface area contributed by atoms with Crippen LogP contribution in [0.3, 0.4) is 0 Å². The first-order valence-electron chi connectivity index (χ1n) is 6.68. The molecular weight excluding hydrogens is 272 g/mol. The Morgan fingerprint density at radius 1 is 1.10 bits per heavy atom. The zero-order valence-electron chi connectivity index (χ0n) is 11.3. The lowest BCUT2D eigenvalue weighted by molar-refractivity contribution is -0.411. The molecule has 108 valence electrons. The molecule has 0 amide bonds. The van der Waals surface area contributed by atoms with Gasteiger partial charge in [-0.1, -0.05) is 0 Å². The molecule has 8 heteroatoms. The van der Waals surface area contributed by atoms with E-state index in [0.717, 1.165) is 13.1 Å². The maximum atomic E-state index is 11.1.